The lowest BCUT2D eigenvalue weighted by atomic mass is 10.2. The molecule has 0 saturated carbocycles. The molecule has 1 aromatic heterocycles. The third-order valence-electron chi connectivity index (χ3n) is 4.73. The number of hydrogen-bond acceptors (Lipinski definition) is 5. The summed E-state index contributed by atoms with van der Waals surface area (Å²) in [6, 6.07) is 7.94. The highest BCUT2D eigenvalue weighted by atomic mass is 32.2. The SMILES string of the molecule is Cc1cc(CN(C)C(=O)c2ccc(S(=O)(=O)N3CCCCCC3)cc2)no1. The minimum Gasteiger partial charge on any atom is -0.361 e. The molecule has 3 rings (SSSR count). The largest absolute Gasteiger partial charge is 0.361 e. The Labute approximate surface area is 160 Å². The summed E-state index contributed by atoms with van der Waals surface area (Å²) in [6.07, 6.45) is 3.91. The molecule has 0 N–H and O–H groups in total. The van der Waals surface area contributed by atoms with E-state index in [0.29, 0.717) is 36.7 Å². The summed E-state index contributed by atoms with van der Waals surface area (Å²) in [5, 5.41) is 3.88. The van der Waals surface area contributed by atoms with E-state index in [9.17, 15) is 13.2 Å². The van der Waals surface area contributed by atoms with Crippen molar-refractivity contribution in [3.8, 4) is 0 Å². The van der Waals surface area contributed by atoms with Gasteiger partial charge in [-0.05, 0) is 44.0 Å². The van der Waals surface area contributed by atoms with E-state index in [1.165, 1.54) is 17.0 Å². The molecule has 146 valence electrons. The molecule has 0 bridgehead atoms. The number of rotatable bonds is 5. The monoisotopic (exact) mass is 391 g/mol. The van der Waals surface area contributed by atoms with Crippen molar-refractivity contribution in [2.75, 3.05) is 20.1 Å². The van der Waals surface area contributed by atoms with Gasteiger partial charge >= 0.3 is 0 Å². The Kier molecular flexibility index (Phi) is 5.96. The van der Waals surface area contributed by atoms with Crippen LogP contribution >= 0.6 is 0 Å². The van der Waals surface area contributed by atoms with E-state index in [-0.39, 0.29) is 10.8 Å². The fraction of sp³-hybridized carbons (Fsp3) is 0.474. The fourth-order valence-electron chi connectivity index (χ4n) is 3.23. The molecule has 8 heteroatoms. The van der Waals surface area contributed by atoms with E-state index < -0.39 is 10.0 Å². The third-order valence-corrected chi connectivity index (χ3v) is 6.64. The average molecular weight is 391 g/mol. The van der Waals surface area contributed by atoms with Crippen molar-refractivity contribution in [2.45, 2.75) is 44.0 Å². The summed E-state index contributed by atoms with van der Waals surface area (Å²) < 4.78 is 32.2. The number of amides is 1. The molecular formula is C19H25N3O4S. The van der Waals surface area contributed by atoms with Crippen LogP contribution in [0.3, 0.4) is 0 Å². The van der Waals surface area contributed by atoms with Crippen LogP contribution in [0.15, 0.2) is 39.8 Å². The molecule has 0 aliphatic carbocycles. The highest BCUT2D eigenvalue weighted by Crippen LogP contribution is 2.21. The number of sulfonamides is 1. The Morgan fingerprint density at radius 2 is 1.78 bits per heavy atom. The van der Waals surface area contributed by atoms with Crippen LogP contribution in [0.5, 0.6) is 0 Å². The van der Waals surface area contributed by atoms with Gasteiger partial charge < -0.3 is 9.42 Å². The van der Waals surface area contributed by atoms with Gasteiger partial charge in [-0.15, -0.1) is 0 Å². The first-order valence-electron chi connectivity index (χ1n) is 9.16. The van der Waals surface area contributed by atoms with E-state index in [0.717, 1.165) is 25.7 Å². The zero-order valence-electron chi connectivity index (χ0n) is 15.7. The van der Waals surface area contributed by atoms with Crippen molar-refractivity contribution in [2.24, 2.45) is 0 Å². The van der Waals surface area contributed by atoms with E-state index in [1.54, 1.807) is 36.5 Å². The number of carbonyl (C=O) groups excluding carboxylic acids is 1. The normalized spacial score (nSPS) is 16.1. The van der Waals surface area contributed by atoms with Crippen molar-refractivity contribution in [1.82, 2.24) is 14.4 Å². The van der Waals surface area contributed by atoms with E-state index in [1.807, 2.05) is 0 Å². The van der Waals surface area contributed by atoms with Crippen LogP contribution in [0.4, 0.5) is 0 Å². The van der Waals surface area contributed by atoms with Gasteiger partial charge in [0.15, 0.2) is 0 Å². The Bertz CT molecular complexity index is 882. The summed E-state index contributed by atoms with van der Waals surface area (Å²) in [5.41, 5.74) is 1.11. The number of aryl methyl sites for hydroxylation is 1. The van der Waals surface area contributed by atoms with Crippen molar-refractivity contribution in [3.63, 3.8) is 0 Å². The Balaban J connectivity index is 1.71. The predicted octanol–water partition coefficient (Wildman–Crippen LogP) is 2.82. The number of carbonyl (C=O) groups is 1. The molecule has 7 nitrogen and oxygen atoms in total. The van der Waals surface area contributed by atoms with Crippen LogP contribution in [0.1, 0.15) is 47.5 Å². The van der Waals surface area contributed by atoms with Gasteiger partial charge in [-0.3, -0.25) is 4.79 Å². The third kappa shape index (κ3) is 4.56. The van der Waals surface area contributed by atoms with Gasteiger partial charge in [0, 0.05) is 31.8 Å². The molecule has 0 unspecified atom stereocenters. The van der Waals surface area contributed by atoms with Gasteiger partial charge in [0.25, 0.3) is 5.91 Å². The van der Waals surface area contributed by atoms with Crippen LogP contribution in [-0.4, -0.2) is 48.8 Å². The average Bonchev–Trinajstić information content (AvgIpc) is 2.89. The molecule has 27 heavy (non-hydrogen) atoms. The molecule has 2 heterocycles. The molecule has 1 aromatic carbocycles. The molecule has 0 radical (unpaired) electrons. The first kappa shape index (κ1) is 19.6. The van der Waals surface area contributed by atoms with Gasteiger partial charge in [0.2, 0.25) is 10.0 Å². The summed E-state index contributed by atoms with van der Waals surface area (Å²) in [5.74, 6) is 0.489. The zero-order valence-corrected chi connectivity index (χ0v) is 16.5. The summed E-state index contributed by atoms with van der Waals surface area (Å²) >= 11 is 0. The molecule has 1 saturated heterocycles. The van der Waals surface area contributed by atoms with Gasteiger partial charge in [0.05, 0.1) is 11.4 Å². The summed E-state index contributed by atoms with van der Waals surface area (Å²) in [7, 11) is -1.83. The van der Waals surface area contributed by atoms with Crippen LogP contribution in [0.2, 0.25) is 0 Å². The second-order valence-electron chi connectivity index (χ2n) is 6.93. The summed E-state index contributed by atoms with van der Waals surface area (Å²) in [4.78, 5) is 14.3. The summed E-state index contributed by atoms with van der Waals surface area (Å²) in [6.45, 7) is 3.23. The van der Waals surface area contributed by atoms with Gasteiger partial charge in [-0.1, -0.05) is 18.0 Å². The maximum absolute atomic E-state index is 12.8. The van der Waals surface area contributed by atoms with Crippen molar-refractivity contribution < 1.29 is 17.7 Å². The topological polar surface area (TPSA) is 83.7 Å². The van der Waals surface area contributed by atoms with Crippen LogP contribution in [0, 0.1) is 6.92 Å². The van der Waals surface area contributed by atoms with E-state index >= 15 is 0 Å². The number of hydrogen-bond donors (Lipinski definition) is 0. The molecule has 1 fully saturated rings. The smallest absolute Gasteiger partial charge is 0.253 e. The number of nitrogens with zero attached hydrogens (tertiary/aromatic N) is 3. The van der Waals surface area contributed by atoms with Gasteiger partial charge in [-0.25, -0.2) is 8.42 Å². The van der Waals surface area contributed by atoms with Crippen LogP contribution in [-0.2, 0) is 16.6 Å². The lowest BCUT2D eigenvalue weighted by molar-refractivity contribution is 0.0782. The maximum atomic E-state index is 12.8. The lowest BCUT2D eigenvalue weighted by Crippen LogP contribution is -2.32. The Hall–Kier alpha value is -2.19. The van der Waals surface area contributed by atoms with Crippen LogP contribution < -0.4 is 0 Å². The highest BCUT2D eigenvalue weighted by molar-refractivity contribution is 7.89. The molecule has 1 aliphatic heterocycles. The van der Waals surface area contributed by atoms with Crippen molar-refractivity contribution in [3.05, 3.63) is 47.3 Å². The van der Waals surface area contributed by atoms with Crippen molar-refractivity contribution in [1.29, 1.82) is 0 Å². The van der Waals surface area contributed by atoms with Crippen molar-refractivity contribution >= 4 is 15.9 Å². The van der Waals surface area contributed by atoms with Gasteiger partial charge in [0.1, 0.15) is 11.5 Å². The minimum absolute atomic E-state index is 0.200. The van der Waals surface area contributed by atoms with E-state index in [2.05, 4.69) is 5.16 Å². The molecule has 1 aliphatic rings. The maximum Gasteiger partial charge on any atom is 0.253 e. The van der Waals surface area contributed by atoms with Gasteiger partial charge in [-0.2, -0.15) is 4.31 Å². The Morgan fingerprint density at radius 1 is 1.15 bits per heavy atom. The minimum atomic E-state index is -3.51. The van der Waals surface area contributed by atoms with Crippen LogP contribution in [0.25, 0.3) is 0 Å². The second kappa shape index (κ2) is 8.22. The Morgan fingerprint density at radius 3 is 2.33 bits per heavy atom. The first-order valence-corrected chi connectivity index (χ1v) is 10.6. The quantitative estimate of drug-likeness (QED) is 0.783. The zero-order chi connectivity index (χ0) is 19.4. The molecule has 1 amide bonds. The molecule has 2 aromatic rings. The number of benzene rings is 1. The molecular weight excluding hydrogens is 366 g/mol. The number of aromatic nitrogens is 1. The van der Waals surface area contributed by atoms with E-state index in [4.69, 9.17) is 4.52 Å². The standard InChI is InChI=1S/C19H25N3O4S/c1-15-13-17(20-26-15)14-21(2)19(23)16-7-9-18(10-8-16)27(24,25)22-11-5-3-4-6-12-22/h7-10,13H,3-6,11-12,14H2,1-2H3. The molecule has 0 atom stereocenters. The fourth-order valence-corrected chi connectivity index (χ4v) is 4.75. The highest BCUT2D eigenvalue weighted by Gasteiger charge is 2.25. The molecule has 0 spiro atoms. The predicted molar refractivity (Wildman–Crippen MR) is 101 cm³/mol. The lowest BCUT2D eigenvalue weighted by Gasteiger charge is -2.20. The first-order chi connectivity index (χ1) is 12.9. The second-order valence-corrected chi connectivity index (χ2v) is 8.87.